The van der Waals surface area contributed by atoms with Crippen molar-refractivity contribution in [2.24, 2.45) is 0 Å². The maximum absolute atomic E-state index is 12.6. The number of carbonyl (C=O) groups excluding carboxylic acids is 1. The van der Waals surface area contributed by atoms with Crippen LogP contribution in [0, 0.1) is 4.77 Å². The number of alkyl halides is 3. The molecular formula is C19H16F3N3O3S. The van der Waals surface area contributed by atoms with Gasteiger partial charge in [-0.05, 0) is 49.5 Å². The van der Waals surface area contributed by atoms with Gasteiger partial charge in [-0.25, -0.2) is 0 Å². The maximum atomic E-state index is 12.6. The van der Waals surface area contributed by atoms with Gasteiger partial charge in [0.2, 0.25) is 0 Å². The van der Waals surface area contributed by atoms with E-state index in [-0.39, 0.29) is 27.3 Å². The Balaban J connectivity index is 1.89. The van der Waals surface area contributed by atoms with Gasteiger partial charge in [0.15, 0.2) is 11.4 Å². The number of nitrogens with one attached hydrogen (secondary N) is 2. The first kappa shape index (κ1) is 20.6. The topological polar surface area (TPSA) is 76.1 Å². The molecule has 0 spiro atoms. The standard InChI is InChI=1S/C19H16F3N3O3S/c1-2-25-17(27)12-8-7-11(9-14(12)24-18(25)29)16(26)23-13-5-3-4-6-15(13)28-10-19(20,21)22/h3-9H,2,10H2,1H3,(H,23,26)(H,24,29). The zero-order valence-electron chi connectivity index (χ0n) is 15.2. The van der Waals surface area contributed by atoms with Crippen LogP contribution in [-0.2, 0) is 6.54 Å². The SMILES string of the molecule is CCn1c(=S)[nH]c2cc(C(=O)Nc3ccccc3OCC(F)(F)F)ccc2c1=O. The number of hydrogen-bond donors (Lipinski definition) is 2. The number of ether oxygens (including phenoxy) is 1. The molecule has 1 amide bonds. The molecule has 1 aromatic heterocycles. The molecule has 29 heavy (non-hydrogen) atoms. The number of H-pyrrole nitrogens is 1. The van der Waals surface area contributed by atoms with Crippen molar-refractivity contribution in [1.29, 1.82) is 0 Å². The van der Waals surface area contributed by atoms with E-state index in [9.17, 15) is 22.8 Å². The second kappa shape index (κ2) is 8.08. The van der Waals surface area contributed by atoms with Gasteiger partial charge < -0.3 is 15.0 Å². The number of aromatic nitrogens is 2. The van der Waals surface area contributed by atoms with Crippen molar-refractivity contribution in [3.63, 3.8) is 0 Å². The Hall–Kier alpha value is -3.14. The lowest BCUT2D eigenvalue weighted by Gasteiger charge is -2.14. The quantitative estimate of drug-likeness (QED) is 0.601. The summed E-state index contributed by atoms with van der Waals surface area (Å²) in [7, 11) is 0. The summed E-state index contributed by atoms with van der Waals surface area (Å²) in [4.78, 5) is 27.9. The van der Waals surface area contributed by atoms with Gasteiger partial charge in [-0.15, -0.1) is 0 Å². The third kappa shape index (κ3) is 4.65. The zero-order chi connectivity index (χ0) is 21.2. The second-order valence-electron chi connectivity index (χ2n) is 6.09. The van der Waals surface area contributed by atoms with Crippen molar-refractivity contribution in [3.05, 3.63) is 63.2 Å². The van der Waals surface area contributed by atoms with E-state index in [0.717, 1.165) is 0 Å². The van der Waals surface area contributed by atoms with Crippen LogP contribution in [0.4, 0.5) is 18.9 Å². The van der Waals surface area contributed by atoms with Gasteiger partial charge in [-0.2, -0.15) is 13.2 Å². The Morgan fingerprint density at radius 3 is 2.66 bits per heavy atom. The molecule has 3 rings (SSSR count). The summed E-state index contributed by atoms with van der Waals surface area (Å²) in [5, 5.41) is 2.89. The molecule has 0 unspecified atom stereocenters. The normalized spacial score (nSPS) is 11.4. The van der Waals surface area contributed by atoms with Crippen molar-refractivity contribution in [1.82, 2.24) is 9.55 Å². The number of fused-ring (bicyclic) bond motifs is 1. The molecule has 10 heteroatoms. The molecule has 0 bridgehead atoms. The molecule has 0 aliphatic rings. The number of amides is 1. The number of para-hydroxylation sites is 2. The van der Waals surface area contributed by atoms with Crippen LogP contribution in [0.25, 0.3) is 10.9 Å². The fourth-order valence-electron chi connectivity index (χ4n) is 2.73. The van der Waals surface area contributed by atoms with Crippen molar-refractivity contribution >= 4 is 34.7 Å². The number of rotatable bonds is 5. The van der Waals surface area contributed by atoms with Gasteiger partial charge in [-0.3, -0.25) is 14.2 Å². The number of halogens is 3. The molecule has 0 radical (unpaired) electrons. The van der Waals surface area contributed by atoms with Crippen LogP contribution in [0.3, 0.4) is 0 Å². The molecule has 0 saturated carbocycles. The summed E-state index contributed by atoms with van der Waals surface area (Å²) in [6, 6.07) is 10.2. The maximum Gasteiger partial charge on any atom is 0.422 e. The number of benzene rings is 2. The zero-order valence-corrected chi connectivity index (χ0v) is 16.0. The Labute approximate surface area is 167 Å². The fourth-order valence-corrected chi connectivity index (χ4v) is 3.05. The van der Waals surface area contributed by atoms with E-state index in [0.29, 0.717) is 17.4 Å². The van der Waals surface area contributed by atoms with E-state index in [2.05, 4.69) is 10.3 Å². The van der Waals surface area contributed by atoms with Crippen molar-refractivity contribution < 1.29 is 22.7 Å². The fraction of sp³-hybridized carbons (Fsp3) is 0.211. The van der Waals surface area contributed by atoms with Crippen LogP contribution >= 0.6 is 12.2 Å². The van der Waals surface area contributed by atoms with Gasteiger partial charge in [0.25, 0.3) is 11.5 Å². The minimum Gasteiger partial charge on any atom is -0.482 e. The highest BCUT2D eigenvalue weighted by molar-refractivity contribution is 7.71. The first-order valence-electron chi connectivity index (χ1n) is 8.56. The predicted molar refractivity (Wildman–Crippen MR) is 105 cm³/mol. The smallest absolute Gasteiger partial charge is 0.422 e. The van der Waals surface area contributed by atoms with Gasteiger partial charge in [-0.1, -0.05) is 12.1 Å². The number of aromatic amines is 1. The Morgan fingerprint density at radius 2 is 1.97 bits per heavy atom. The predicted octanol–water partition coefficient (Wildman–Crippen LogP) is 4.27. The van der Waals surface area contributed by atoms with Crippen LogP contribution in [-0.4, -0.2) is 28.2 Å². The molecule has 0 fully saturated rings. The molecular weight excluding hydrogens is 407 g/mol. The minimum absolute atomic E-state index is 0.0937. The van der Waals surface area contributed by atoms with Crippen LogP contribution in [0.2, 0.25) is 0 Å². The van der Waals surface area contributed by atoms with E-state index < -0.39 is 18.7 Å². The number of nitrogens with zero attached hydrogens (tertiary/aromatic N) is 1. The molecule has 0 atom stereocenters. The number of anilines is 1. The van der Waals surface area contributed by atoms with Crippen LogP contribution in [0.1, 0.15) is 17.3 Å². The highest BCUT2D eigenvalue weighted by atomic mass is 32.1. The molecule has 0 aliphatic heterocycles. The monoisotopic (exact) mass is 423 g/mol. The molecule has 0 saturated heterocycles. The average molecular weight is 423 g/mol. The van der Waals surface area contributed by atoms with Crippen LogP contribution < -0.4 is 15.6 Å². The minimum atomic E-state index is -4.50. The van der Waals surface area contributed by atoms with E-state index in [1.807, 2.05) is 0 Å². The third-order valence-electron chi connectivity index (χ3n) is 4.09. The lowest BCUT2D eigenvalue weighted by atomic mass is 10.1. The highest BCUT2D eigenvalue weighted by Crippen LogP contribution is 2.27. The Bertz CT molecular complexity index is 1190. The first-order chi connectivity index (χ1) is 13.7. The molecule has 2 N–H and O–H groups in total. The summed E-state index contributed by atoms with van der Waals surface area (Å²) in [6.45, 7) is 0.716. The van der Waals surface area contributed by atoms with E-state index in [1.54, 1.807) is 13.0 Å². The van der Waals surface area contributed by atoms with Crippen LogP contribution in [0.5, 0.6) is 5.75 Å². The second-order valence-corrected chi connectivity index (χ2v) is 6.48. The van der Waals surface area contributed by atoms with Crippen molar-refractivity contribution in [3.8, 4) is 5.75 Å². The largest absolute Gasteiger partial charge is 0.482 e. The summed E-state index contributed by atoms with van der Waals surface area (Å²) in [6.07, 6.45) is -4.50. The van der Waals surface area contributed by atoms with Crippen LogP contribution in [0.15, 0.2) is 47.3 Å². The summed E-state index contributed by atoms with van der Waals surface area (Å²) in [5.74, 6) is -0.682. The number of carbonyl (C=O) groups is 1. The molecule has 0 aliphatic carbocycles. The van der Waals surface area contributed by atoms with Gasteiger partial charge >= 0.3 is 6.18 Å². The van der Waals surface area contributed by atoms with Crippen molar-refractivity contribution in [2.45, 2.75) is 19.6 Å². The molecule has 2 aromatic carbocycles. The Kier molecular flexibility index (Phi) is 5.73. The van der Waals surface area contributed by atoms with Gasteiger partial charge in [0.1, 0.15) is 5.75 Å². The molecule has 3 aromatic rings. The van der Waals surface area contributed by atoms with E-state index >= 15 is 0 Å². The van der Waals surface area contributed by atoms with Crippen molar-refractivity contribution in [2.75, 3.05) is 11.9 Å². The summed E-state index contributed by atoms with van der Waals surface area (Å²) in [5.41, 5.74) is 0.404. The third-order valence-corrected chi connectivity index (χ3v) is 4.41. The lowest BCUT2D eigenvalue weighted by Crippen LogP contribution is -2.22. The van der Waals surface area contributed by atoms with E-state index in [4.69, 9.17) is 17.0 Å². The molecule has 6 nitrogen and oxygen atoms in total. The van der Waals surface area contributed by atoms with Gasteiger partial charge in [0.05, 0.1) is 16.6 Å². The summed E-state index contributed by atoms with van der Waals surface area (Å²) >= 11 is 5.15. The Morgan fingerprint density at radius 1 is 1.24 bits per heavy atom. The average Bonchev–Trinajstić information content (AvgIpc) is 2.66. The summed E-state index contributed by atoms with van der Waals surface area (Å²) < 4.78 is 43.6. The lowest BCUT2D eigenvalue weighted by molar-refractivity contribution is -0.153. The molecule has 152 valence electrons. The van der Waals surface area contributed by atoms with E-state index in [1.165, 1.54) is 41.0 Å². The molecule has 1 heterocycles. The first-order valence-corrected chi connectivity index (χ1v) is 8.97. The van der Waals surface area contributed by atoms with Gasteiger partial charge in [0, 0.05) is 12.1 Å². The number of hydrogen-bond acceptors (Lipinski definition) is 4. The highest BCUT2D eigenvalue weighted by Gasteiger charge is 2.29.